The molecule has 4 aliphatic rings. The molecule has 0 saturated heterocycles. The van der Waals surface area contributed by atoms with Crippen molar-refractivity contribution in [3.63, 3.8) is 0 Å². The molecule has 0 atom stereocenters. The van der Waals surface area contributed by atoms with Crippen molar-refractivity contribution in [1.29, 1.82) is 0 Å². The maximum atomic E-state index is 2.53. The van der Waals surface area contributed by atoms with E-state index in [0.29, 0.717) is 0 Å². The third-order valence-electron chi connectivity index (χ3n) is 30.9. The van der Waals surface area contributed by atoms with Gasteiger partial charge >= 0.3 is 0 Å². The number of nitrogens with zero attached hydrogens (tertiary/aromatic N) is 4. The van der Waals surface area contributed by atoms with E-state index < -0.39 is 0 Å². The predicted molar refractivity (Wildman–Crippen MR) is 573 cm³/mol. The minimum atomic E-state index is -0.369. The Morgan fingerprint density at radius 2 is 0.529 bits per heavy atom. The van der Waals surface area contributed by atoms with Crippen molar-refractivity contribution in [3.05, 3.63) is 493 Å². The quantitative estimate of drug-likeness (QED) is 0.102. The van der Waals surface area contributed by atoms with Crippen molar-refractivity contribution in [2.24, 2.45) is 0 Å². The lowest BCUT2D eigenvalue weighted by Gasteiger charge is -2.29. The third-order valence-corrected chi connectivity index (χ3v) is 30.9. The zero-order chi connectivity index (χ0) is 91.2. The molecular formula is C132H98N4. The maximum absolute atomic E-state index is 2.53. The van der Waals surface area contributed by atoms with Crippen LogP contribution >= 0.6 is 0 Å². The van der Waals surface area contributed by atoms with E-state index in [0.717, 1.165) is 89.9 Å². The van der Waals surface area contributed by atoms with Crippen LogP contribution in [0.4, 0.5) is 34.1 Å². The van der Waals surface area contributed by atoms with Gasteiger partial charge in [0.05, 0.1) is 33.4 Å². The number of hydrogen-bond donors (Lipinski definition) is 0. The molecule has 0 spiro atoms. The number of para-hydroxylation sites is 5. The molecule has 26 rings (SSSR count). The van der Waals surface area contributed by atoms with Crippen molar-refractivity contribution >= 4 is 77.7 Å². The first kappa shape index (κ1) is 80.5. The van der Waals surface area contributed by atoms with Crippen LogP contribution in [0.15, 0.2) is 449 Å². The number of benzene rings is 20. The average Bonchev–Trinajstić information content (AvgIpc) is 1.29. The molecule has 0 saturated carbocycles. The van der Waals surface area contributed by atoms with Crippen molar-refractivity contribution in [3.8, 4) is 134 Å². The average molecular weight is 1740 g/mol. The molecule has 0 fully saturated rings. The molecule has 136 heavy (non-hydrogen) atoms. The summed E-state index contributed by atoms with van der Waals surface area (Å²) >= 11 is 0. The lowest BCUT2D eigenvalue weighted by Crippen LogP contribution is -2.16. The normalized spacial score (nSPS) is 14.0. The Hall–Kier alpha value is -16.4. The topological polar surface area (TPSA) is 16.3 Å². The summed E-state index contributed by atoms with van der Waals surface area (Å²) < 4.78 is 4.93. The molecule has 646 valence electrons. The van der Waals surface area contributed by atoms with Gasteiger partial charge in [0.1, 0.15) is 0 Å². The van der Waals surface area contributed by atoms with Crippen LogP contribution in [0.2, 0.25) is 0 Å². The van der Waals surface area contributed by atoms with Crippen LogP contribution in [0, 0.1) is 0 Å². The molecule has 4 aliphatic carbocycles. The smallest absolute Gasteiger partial charge is 0.0547 e. The molecule has 0 N–H and O–H groups in total. The predicted octanol–water partition coefficient (Wildman–Crippen LogP) is 35.7. The van der Waals surface area contributed by atoms with Crippen molar-refractivity contribution in [2.45, 2.75) is 77.0 Å². The van der Waals surface area contributed by atoms with E-state index in [1.54, 1.807) is 0 Å². The summed E-state index contributed by atoms with van der Waals surface area (Å²) in [6, 6.07) is 170. The summed E-state index contributed by atoms with van der Waals surface area (Å²) in [5.41, 5.74) is 50.2. The minimum Gasteiger partial charge on any atom is -0.310 e. The van der Waals surface area contributed by atoms with Crippen LogP contribution in [0.3, 0.4) is 0 Å². The molecule has 4 nitrogen and oxygen atoms in total. The van der Waals surface area contributed by atoms with Gasteiger partial charge in [-0.15, -0.1) is 0 Å². The monoisotopic (exact) mass is 1740 g/mol. The summed E-state index contributed by atoms with van der Waals surface area (Å²) in [5, 5.41) is 4.84. The maximum Gasteiger partial charge on any atom is 0.0547 e. The zero-order valence-electron chi connectivity index (χ0n) is 77.5. The number of anilines is 6. The van der Waals surface area contributed by atoms with Gasteiger partial charge in [0, 0.05) is 88.5 Å². The fraction of sp³-hybridized carbons (Fsp3) is 0.0909. The Bertz CT molecular complexity index is 8720. The summed E-state index contributed by atoms with van der Waals surface area (Å²) in [7, 11) is 0. The fourth-order valence-corrected chi connectivity index (χ4v) is 24.6. The second-order valence-corrected chi connectivity index (χ2v) is 39.7. The van der Waals surface area contributed by atoms with Crippen molar-refractivity contribution < 1.29 is 0 Å². The lowest BCUT2D eigenvalue weighted by atomic mass is 9.78. The Balaban J connectivity index is 0.615. The second-order valence-electron chi connectivity index (χ2n) is 39.7. The van der Waals surface area contributed by atoms with Crippen LogP contribution in [0.25, 0.3) is 177 Å². The SMILES string of the molecule is CC1(C)c2ccccc2-c2cc(-c3cccc(N(c4cccc(-c5cccc6c5c5ccc(-c7ccc(-c8ccc(N(c9cccc(-c%10cccc%11c%10c%10ccccc%10n%11-c%10ccccc%10)c9)c9ccccc9-c9cccc%10c9-c9ccccc9C%10(C)C)cc8)c8c7-c7ccccc7C8(C)C)cc5n6-c5ccccc5)c4)c4ccccc4-c4cccc5c4-c4ccccc4C5(C)C)c3)ccc21. The highest BCUT2D eigenvalue weighted by atomic mass is 15.2. The van der Waals surface area contributed by atoms with Crippen LogP contribution in [-0.4, -0.2) is 9.13 Å². The van der Waals surface area contributed by atoms with Gasteiger partial charge in [0.15, 0.2) is 0 Å². The molecule has 4 heteroatoms. The van der Waals surface area contributed by atoms with Gasteiger partial charge in [-0.2, -0.15) is 0 Å². The number of hydrogen-bond acceptors (Lipinski definition) is 2. The van der Waals surface area contributed by atoms with E-state index in [1.807, 2.05) is 0 Å². The molecule has 22 aromatic rings. The van der Waals surface area contributed by atoms with Crippen molar-refractivity contribution in [2.75, 3.05) is 9.80 Å². The zero-order valence-corrected chi connectivity index (χ0v) is 77.5. The highest BCUT2D eigenvalue weighted by Crippen LogP contribution is 2.61. The van der Waals surface area contributed by atoms with E-state index in [4.69, 9.17) is 0 Å². The Morgan fingerprint density at radius 1 is 0.176 bits per heavy atom. The van der Waals surface area contributed by atoms with E-state index in [9.17, 15) is 0 Å². The van der Waals surface area contributed by atoms with Gasteiger partial charge in [-0.3, -0.25) is 0 Å². The van der Waals surface area contributed by atoms with Gasteiger partial charge in [-0.05, 0) is 271 Å². The Kier molecular flexibility index (Phi) is 18.1. The largest absolute Gasteiger partial charge is 0.310 e. The molecule has 0 bridgehead atoms. The van der Waals surface area contributed by atoms with Gasteiger partial charge in [-0.25, -0.2) is 0 Å². The molecule has 20 aromatic carbocycles. The number of aromatic nitrogens is 2. The molecule has 0 radical (unpaired) electrons. The van der Waals surface area contributed by atoms with E-state index in [-0.39, 0.29) is 21.7 Å². The minimum absolute atomic E-state index is 0.101. The van der Waals surface area contributed by atoms with Crippen LogP contribution < -0.4 is 9.80 Å². The van der Waals surface area contributed by atoms with Crippen LogP contribution in [0.5, 0.6) is 0 Å². The van der Waals surface area contributed by atoms with Gasteiger partial charge < -0.3 is 18.9 Å². The molecule has 2 aromatic heterocycles. The summed E-state index contributed by atoms with van der Waals surface area (Å²) in [5.74, 6) is 0. The first-order chi connectivity index (χ1) is 66.5. The van der Waals surface area contributed by atoms with E-state index in [2.05, 4.69) is 523 Å². The third kappa shape index (κ3) is 12.1. The van der Waals surface area contributed by atoms with Crippen LogP contribution in [0.1, 0.15) is 99.9 Å². The van der Waals surface area contributed by atoms with Crippen LogP contribution in [-0.2, 0) is 21.7 Å². The first-order valence-corrected chi connectivity index (χ1v) is 47.9. The second kappa shape index (κ2) is 30.6. The molecule has 0 aliphatic heterocycles. The summed E-state index contributed by atoms with van der Waals surface area (Å²) in [6.45, 7) is 19.1. The van der Waals surface area contributed by atoms with Crippen molar-refractivity contribution in [1.82, 2.24) is 9.13 Å². The van der Waals surface area contributed by atoms with Gasteiger partial charge in [0.25, 0.3) is 0 Å². The van der Waals surface area contributed by atoms with Gasteiger partial charge in [-0.1, -0.05) is 389 Å². The molecular weight excluding hydrogens is 1640 g/mol. The van der Waals surface area contributed by atoms with Gasteiger partial charge in [0.2, 0.25) is 0 Å². The molecule has 0 amide bonds. The fourth-order valence-electron chi connectivity index (χ4n) is 24.6. The first-order valence-electron chi connectivity index (χ1n) is 47.9. The molecule has 0 unspecified atom stereocenters. The summed E-state index contributed by atoms with van der Waals surface area (Å²) in [6.07, 6.45) is 0. The van der Waals surface area contributed by atoms with E-state index >= 15 is 0 Å². The van der Waals surface area contributed by atoms with E-state index in [1.165, 1.54) is 166 Å². The highest BCUT2D eigenvalue weighted by molar-refractivity contribution is 6.19. The molecule has 2 heterocycles. The summed E-state index contributed by atoms with van der Waals surface area (Å²) in [4.78, 5) is 5.04. The number of fused-ring (bicyclic) bond motifs is 18. The highest BCUT2D eigenvalue weighted by Gasteiger charge is 2.43. The number of rotatable bonds is 15. The Labute approximate surface area is 795 Å². The lowest BCUT2D eigenvalue weighted by molar-refractivity contribution is 0.660. The Morgan fingerprint density at radius 3 is 1.09 bits per heavy atom. The standard InChI is InChI=1S/C132H98N4/c1-129(2)110-57-22-15-46-99(110)109-81-85(71-77-114(109)129)84-36-29-43-92(78-84)134(118-64-27-20-48-101(118)103-56-33-62-116-124(103)105-50-17-24-59-112(105)131(116,5)6)94-45-31-38-87(80-94)96-54-35-67-121-126(96)108-74-70-88(82-122(108)136(121)90-41-13-10-14-42-90)97-75-76-98(128-127(97)106-51-18-25-60-113(106)132(128,7)8)83-68-72-91(73-69-83)133(117-63-26-19-47-100(117)102-55-32-61-115-123(102)104-49-16-23-58-111(104)130(115,3)4)93-44-30-37-86(79-93)95-53-34-66-120-125(95)107-52-21-28-65-119(107)135(120)89-39-11-9-12-40-89/h9-82H,1-8H3.